The van der Waals surface area contributed by atoms with Gasteiger partial charge in [0.15, 0.2) is 0 Å². The lowest BCUT2D eigenvalue weighted by Gasteiger charge is -2.53. The molecular formula is C30H39FN8O4S. The molecule has 2 unspecified atom stereocenters. The molecule has 1 spiro atoms. The van der Waals surface area contributed by atoms with Crippen LogP contribution in [0, 0.1) is 11.3 Å². The third kappa shape index (κ3) is 5.13. The first-order valence-corrected chi connectivity index (χ1v) is 16.3. The Morgan fingerprint density at radius 3 is 2.66 bits per heavy atom. The van der Waals surface area contributed by atoms with Crippen LogP contribution < -0.4 is 25.6 Å². The van der Waals surface area contributed by atoms with Crippen molar-refractivity contribution in [3.05, 3.63) is 22.1 Å². The first-order chi connectivity index (χ1) is 21.3. The van der Waals surface area contributed by atoms with E-state index in [0.29, 0.717) is 49.4 Å². The number of nitriles is 1. The summed E-state index contributed by atoms with van der Waals surface area (Å²) >= 11 is 1.58. The van der Waals surface area contributed by atoms with Gasteiger partial charge in [-0.3, -0.25) is 9.69 Å². The standard InChI is InChI=1S/C29H37FN8O2S.CH2O2/c30-18-8-29(5-2-6-38(29)10-18)17-40-27-34-23(36-11-19-13-39-14-20(12-36)33-19)7-24(35-27)37-15-28(16-37)4-1-3-22-25(28)21(9-31)26(32)41-22;2-1-3/h7,18-20,33H,1-6,8,10-17,32H2;1H,(H,2,3)/t18-,19?,20?,29+;/m1./s1. The number of carbonyl (C=O) groups is 1. The number of piperazine rings is 1. The number of nitrogens with two attached hydrogens (primary N) is 1. The Bertz CT molecular complexity index is 1430. The van der Waals surface area contributed by atoms with Crippen molar-refractivity contribution in [1.82, 2.24) is 20.2 Å². The number of carboxylic acid groups (broad SMARTS) is 1. The zero-order valence-corrected chi connectivity index (χ0v) is 25.5. The Kier molecular flexibility index (Phi) is 7.76. The van der Waals surface area contributed by atoms with Gasteiger partial charge in [0.05, 0.1) is 24.3 Å². The maximum atomic E-state index is 14.4. The molecule has 2 aromatic heterocycles. The lowest BCUT2D eigenvalue weighted by Crippen LogP contribution is -2.63. The molecule has 6 aliphatic rings. The number of fused-ring (bicyclic) bond motifs is 5. The summed E-state index contributed by atoms with van der Waals surface area (Å²) in [6, 6.07) is 5.37. The second-order valence-electron chi connectivity index (χ2n) is 13.1. The van der Waals surface area contributed by atoms with E-state index in [9.17, 15) is 9.65 Å². The Morgan fingerprint density at radius 2 is 1.93 bits per heavy atom. The number of aromatic nitrogens is 2. The Balaban J connectivity index is 0.00000100. The van der Waals surface area contributed by atoms with Crippen molar-refractivity contribution in [3.8, 4) is 12.1 Å². The molecule has 44 heavy (non-hydrogen) atoms. The van der Waals surface area contributed by atoms with Crippen molar-refractivity contribution in [2.45, 2.75) is 67.7 Å². The average Bonchev–Trinajstić information content (AvgIpc) is 3.63. The molecule has 2 bridgehead atoms. The number of rotatable bonds is 5. The number of anilines is 3. The minimum atomic E-state index is -0.800. The van der Waals surface area contributed by atoms with Crippen LogP contribution in [0.3, 0.4) is 0 Å². The van der Waals surface area contributed by atoms with Gasteiger partial charge < -0.3 is 35.4 Å². The first kappa shape index (κ1) is 29.5. The number of halogens is 1. The average molecular weight is 627 g/mol. The van der Waals surface area contributed by atoms with Crippen molar-refractivity contribution in [1.29, 1.82) is 5.26 Å². The summed E-state index contributed by atoms with van der Waals surface area (Å²) in [5.41, 5.74) is 7.80. The lowest BCUT2D eigenvalue weighted by atomic mass is 9.66. The predicted octanol–water partition coefficient (Wildman–Crippen LogP) is 1.92. The lowest BCUT2D eigenvalue weighted by molar-refractivity contribution is -0.122. The summed E-state index contributed by atoms with van der Waals surface area (Å²) in [5, 5.41) is 21.1. The Labute approximate surface area is 259 Å². The molecule has 0 saturated carbocycles. The number of nitrogens with zero attached hydrogens (tertiary/aromatic N) is 6. The summed E-state index contributed by atoms with van der Waals surface area (Å²) in [6.45, 7) is 6.17. The zero-order chi connectivity index (χ0) is 30.5. The molecule has 4 atom stereocenters. The molecule has 5 saturated heterocycles. The highest BCUT2D eigenvalue weighted by Crippen LogP contribution is 2.51. The maximum Gasteiger partial charge on any atom is 0.320 e. The minimum Gasteiger partial charge on any atom is -0.483 e. The number of alkyl halides is 1. The van der Waals surface area contributed by atoms with Crippen molar-refractivity contribution in [2.75, 3.05) is 74.6 Å². The van der Waals surface area contributed by atoms with Crippen LogP contribution in [0.15, 0.2) is 6.07 Å². The fourth-order valence-electron chi connectivity index (χ4n) is 8.44. The largest absolute Gasteiger partial charge is 0.483 e. The van der Waals surface area contributed by atoms with Crippen LogP contribution in [0.25, 0.3) is 0 Å². The van der Waals surface area contributed by atoms with E-state index < -0.39 is 6.17 Å². The quantitative estimate of drug-likeness (QED) is 0.416. The highest BCUT2D eigenvalue weighted by Gasteiger charge is 2.51. The van der Waals surface area contributed by atoms with Gasteiger partial charge in [-0.05, 0) is 44.2 Å². The monoisotopic (exact) mass is 626 g/mol. The fraction of sp³-hybridized carbons (Fsp3) is 0.667. The zero-order valence-electron chi connectivity index (χ0n) is 24.7. The molecule has 0 radical (unpaired) electrons. The highest BCUT2D eigenvalue weighted by molar-refractivity contribution is 7.16. The van der Waals surface area contributed by atoms with E-state index in [-0.39, 0.29) is 29.5 Å². The summed E-state index contributed by atoms with van der Waals surface area (Å²) in [5.74, 6) is 1.71. The van der Waals surface area contributed by atoms with Crippen LogP contribution in [0.1, 0.15) is 48.1 Å². The molecule has 5 fully saturated rings. The van der Waals surface area contributed by atoms with Gasteiger partial charge in [-0.15, -0.1) is 11.3 Å². The number of aryl methyl sites for hydroxylation is 1. The van der Waals surface area contributed by atoms with Crippen LogP contribution in [0.5, 0.6) is 6.01 Å². The molecule has 7 heterocycles. The van der Waals surface area contributed by atoms with Crippen LogP contribution in [-0.4, -0.2) is 109 Å². The van der Waals surface area contributed by atoms with Gasteiger partial charge in [0, 0.05) is 67.6 Å². The maximum absolute atomic E-state index is 14.4. The second-order valence-corrected chi connectivity index (χ2v) is 14.2. The van der Waals surface area contributed by atoms with Gasteiger partial charge in [-0.1, -0.05) is 0 Å². The first-order valence-electron chi connectivity index (χ1n) is 15.5. The SMILES string of the molecule is N#Cc1c(N)sc2c1C1(CCC2)CN(c2cc(N3CC4COCC(C3)N4)nc(OC[C@@]34CCCN3C[C@H](F)C4)n2)C1.O=CO. The van der Waals surface area contributed by atoms with Crippen molar-refractivity contribution in [2.24, 2.45) is 0 Å². The molecule has 8 rings (SSSR count). The number of morpholine rings is 1. The Hall–Kier alpha value is -3.25. The number of hydrogen-bond acceptors (Lipinski definition) is 12. The van der Waals surface area contributed by atoms with Crippen LogP contribution in [-0.2, 0) is 21.4 Å². The molecule has 5 aliphatic heterocycles. The summed E-state index contributed by atoms with van der Waals surface area (Å²) < 4.78 is 26.6. The number of ether oxygens (including phenoxy) is 2. The molecule has 1 aliphatic carbocycles. The van der Waals surface area contributed by atoms with Crippen LogP contribution >= 0.6 is 11.3 Å². The summed E-state index contributed by atoms with van der Waals surface area (Å²) in [6.07, 6.45) is 4.89. The molecular weight excluding hydrogens is 587 g/mol. The van der Waals surface area contributed by atoms with Gasteiger partial charge in [-0.25, -0.2) is 4.39 Å². The van der Waals surface area contributed by atoms with Crippen LogP contribution in [0.4, 0.5) is 21.0 Å². The van der Waals surface area contributed by atoms with E-state index in [2.05, 4.69) is 32.2 Å². The van der Waals surface area contributed by atoms with E-state index >= 15 is 0 Å². The summed E-state index contributed by atoms with van der Waals surface area (Å²) in [4.78, 5) is 26.3. The highest BCUT2D eigenvalue weighted by atomic mass is 32.1. The molecule has 12 nitrogen and oxygen atoms in total. The van der Waals surface area contributed by atoms with E-state index in [1.165, 1.54) is 10.4 Å². The van der Waals surface area contributed by atoms with Crippen LogP contribution in [0.2, 0.25) is 0 Å². The normalized spacial score (nSPS) is 30.0. The third-order valence-corrected chi connectivity index (χ3v) is 11.3. The van der Waals surface area contributed by atoms with Crippen molar-refractivity contribution >= 4 is 34.4 Å². The van der Waals surface area contributed by atoms with Gasteiger partial charge in [0.1, 0.15) is 35.5 Å². The minimum absolute atomic E-state index is 0.0639. The molecule has 0 amide bonds. The molecule has 236 valence electrons. The van der Waals surface area contributed by atoms with E-state index in [1.54, 1.807) is 11.3 Å². The van der Waals surface area contributed by atoms with Gasteiger partial charge in [0.25, 0.3) is 6.47 Å². The topological polar surface area (TPSA) is 153 Å². The molecule has 2 aromatic rings. The Morgan fingerprint density at radius 1 is 1.20 bits per heavy atom. The third-order valence-electron chi connectivity index (χ3n) is 10.2. The molecule has 14 heteroatoms. The fourth-order valence-corrected chi connectivity index (χ4v) is 9.63. The molecule has 4 N–H and O–H groups in total. The van der Waals surface area contributed by atoms with E-state index in [1.807, 2.05) is 0 Å². The van der Waals surface area contributed by atoms with Crippen molar-refractivity contribution < 1.29 is 23.8 Å². The van der Waals surface area contributed by atoms with Gasteiger partial charge in [0.2, 0.25) is 0 Å². The second kappa shape index (κ2) is 11.6. The van der Waals surface area contributed by atoms with E-state index in [0.717, 1.165) is 76.5 Å². The molecule has 0 aromatic carbocycles. The predicted molar refractivity (Wildman–Crippen MR) is 163 cm³/mol. The number of nitrogen functional groups attached to an aromatic ring is 1. The number of nitrogens with one attached hydrogen (secondary N) is 1. The number of hydrogen-bond donors (Lipinski definition) is 3. The smallest absolute Gasteiger partial charge is 0.320 e. The van der Waals surface area contributed by atoms with E-state index in [4.69, 9.17) is 35.1 Å². The van der Waals surface area contributed by atoms with Crippen molar-refractivity contribution in [3.63, 3.8) is 0 Å². The van der Waals surface area contributed by atoms with Gasteiger partial charge >= 0.3 is 6.01 Å². The summed E-state index contributed by atoms with van der Waals surface area (Å²) in [7, 11) is 0. The number of thiophene rings is 1. The van der Waals surface area contributed by atoms with Gasteiger partial charge in [-0.2, -0.15) is 15.2 Å².